The van der Waals surface area contributed by atoms with Gasteiger partial charge in [0.25, 0.3) is 5.91 Å². The average molecular weight is 272 g/mol. The van der Waals surface area contributed by atoms with Crippen LogP contribution in [0.25, 0.3) is 0 Å². The number of likely N-dealkylation sites (tertiary alicyclic amines) is 1. The number of hydrogen-bond donors (Lipinski definition) is 1. The normalized spacial score (nSPS) is 22.1. The van der Waals surface area contributed by atoms with Crippen molar-refractivity contribution in [3.63, 3.8) is 0 Å². The Hall–Kier alpha value is -1.86. The summed E-state index contributed by atoms with van der Waals surface area (Å²) in [6, 6.07) is 1.96. The van der Waals surface area contributed by atoms with Crippen LogP contribution >= 0.6 is 0 Å². The van der Waals surface area contributed by atoms with E-state index in [2.05, 4.69) is 30.7 Å². The predicted octanol–water partition coefficient (Wildman–Crippen LogP) is 1.69. The van der Waals surface area contributed by atoms with Crippen molar-refractivity contribution in [2.24, 2.45) is 5.92 Å². The monoisotopic (exact) mass is 272 g/mol. The van der Waals surface area contributed by atoms with E-state index in [1.54, 1.807) is 18.5 Å². The van der Waals surface area contributed by atoms with Crippen molar-refractivity contribution in [3.05, 3.63) is 29.6 Å². The van der Waals surface area contributed by atoms with Crippen LogP contribution in [0.2, 0.25) is 0 Å². The van der Waals surface area contributed by atoms with Crippen LogP contribution in [-0.2, 0) is 0 Å². The average Bonchev–Trinajstić information content (AvgIpc) is 2.47. The van der Waals surface area contributed by atoms with E-state index in [0.29, 0.717) is 17.0 Å². The Bertz CT molecular complexity index is 545. The molecule has 1 aromatic rings. The zero-order chi connectivity index (χ0) is 14.5. The molecule has 1 amide bonds. The number of aliphatic hydroxyl groups excluding tert-OH is 1. The zero-order valence-electron chi connectivity index (χ0n) is 12.0. The molecule has 1 fully saturated rings. The largest absolute Gasteiger partial charge is 0.384 e. The highest BCUT2D eigenvalue weighted by Crippen LogP contribution is 2.23. The van der Waals surface area contributed by atoms with Gasteiger partial charge in [0.05, 0.1) is 11.1 Å². The van der Waals surface area contributed by atoms with Crippen LogP contribution < -0.4 is 0 Å². The Morgan fingerprint density at radius 2 is 2.30 bits per heavy atom. The first kappa shape index (κ1) is 14.5. The number of aromatic nitrogens is 1. The summed E-state index contributed by atoms with van der Waals surface area (Å²) in [5.74, 6) is 5.92. The van der Waals surface area contributed by atoms with Crippen LogP contribution in [0.3, 0.4) is 0 Å². The van der Waals surface area contributed by atoms with Crippen LogP contribution in [0.4, 0.5) is 0 Å². The van der Waals surface area contributed by atoms with E-state index < -0.39 is 0 Å². The number of hydrogen-bond acceptors (Lipinski definition) is 3. The van der Waals surface area contributed by atoms with Crippen molar-refractivity contribution in [1.29, 1.82) is 0 Å². The third kappa shape index (κ3) is 3.17. The Balaban J connectivity index is 2.28. The van der Waals surface area contributed by atoms with Crippen LogP contribution in [0.5, 0.6) is 0 Å². The SMILES string of the molecule is CC1CCC(C)N(C(=O)c2ccncc2C#CCO)C1. The highest BCUT2D eigenvalue weighted by molar-refractivity contribution is 5.96. The smallest absolute Gasteiger partial charge is 0.255 e. The molecule has 2 heterocycles. The third-order valence-corrected chi connectivity index (χ3v) is 3.73. The van der Waals surface area contributed by atoms with E-state index in [-0.39, 0.29) is 18.6 Å². The van der Waals surface area contributed by atoms with Gasteiger partial charge in [-0.05, 0) is 31.7 Å². The number of piperidine rings is 1. The lowest BCUT2D eigenvalue weighted by atomic mass is 9.94. The number of carbonyl (C=O) groups is 1. The number of rotatable bonds is 1. The predicted molar refractivity (Wildman–Crippen MR) is 77.1 cm³/mol. The van der Waals surface area contributed by atoms with Gasteiger partial charge in [-0.25, -0.2) is 0 Å². The molecule has 1 N–H and O–H groups in total. The fraction of sp³-hybridized carbons (Fsp3) is 0.500. The number of aliphatic hydroxyl groups is 1. The van der Waals surface area contributed by atoms with Gasteiger partial charge in [0.2, 0.25) is 0 Å². The van der Waals surface area contributed by atoms with Gasteiger partial charge in [-0.3, -0.25) is 9.78 Å². The standard InChI is InChI=1S/C16H20N2O2/c1-12-5-6-13(2)18(11-12)16(20)15-7-8-17-10-14(15)4-3-9-19/h7-8,10,12-13,19H,5-6,9,11H2,1-2H3. The van der Waals surface area contributed by atoms with Crippen molar-refractivity contribution >= 4 is 5.91 Å². The molecule has 2 unspecified atom stereocenters. The van der Waals surface area contributed by atoms with E-state index in [1.807, 2.05) is 4.90 Å². The molecule has 0 spiro atoms. The van der Waals surface area contributed by atoms with Crippen molar-refractivity contribution < 1.29 is 9.90 Å². The fourth-order valence-electron chi connectivity index (χ4n) is 2.54. The summed E-state index contributed by atoms with van der Waals surface area (Å²) >= 11 is 0. The first-order valence-corrected chi connectivity index (χ1v) is 6.98. The van der Waals surface area contributed by atoms with Crippen molar-refractivity contribution in [1.82, 2.24) is 9.88 Å². The molecule has 20 heavy (non-hydrogen) atoms. The molecule has 0 aliphatic carbocycles. The lowest BCUT2D eigenvalue weighted by Gasteiger charge is -2.37. The maximum absolute atomic E-state index is 12.7. The van der Waals surface area contributed by atoms with E-state index in [1.165, 1.54) is 6.42 Å². The van der Waals surface area contributed by atoms with Gasteiger partial charge in [-0.2, -0.15) is 0 Å². The van der Waals surface area contributed by atoms with Gasteiger partial charge < -0.3 is 10.0 Å². The summed E-state index contributed by atoms with van der Waals surface area (Å²) in [4.78, 5) is 18.6. The van der Waals surface area contributed by atoms with Crippen LogP contribution in [0, 0.1) is 17.8 Å². The molecular weight excluding hydrogens is 252 g/mol. The first-order chi connectivity index (χ1) is 9.63. The molecular formula is C16H20N2O2. The third-order valence-electron chi connectivity index (χ3n) is 3.73. The van der Waals surface area contributed by atoms with E-state index >= 15 is 0 Å². The van der Waals surface area contributed by atoms with Gasteiger partial charge >= 0.3 is 0 Å². The van der Waals surface area contributed by atoms with E-state index in [4.69, 9.17) is 5.11 Å². The molecule has 1 aliphatic rings. The Morgan fingerprint density at radius 3 is 3.05 bits per heavy atom. The highest BCUT2D eigenvalue weighted by Gasteiger charge is 2.28. The maximum atomic E-state index is 12.7. The van der Waals surface area contributed by atoms with Gasteiger partial charge in [0.1, 0.15) is 6.61 Å². The Morgan fingerprint density at radius 1 is 1.50 bits per heavy atom. The molecule has 2 atom stereocenters. The molecule has 106 valence electrons. The first-order valence-electron chi connectivity index (χ1n) is 6.98. The summed E-state index contributed by atoms with van der Waals surface area (Å²) in [5.41, 5.74) is 1.15. The number of pyridine rings is 1. The van der Waals surface area contributed by atoms with Gasteiger partial charge in [0.15, 0.2) is 0 Å². The van der Waals surface area contributed by atoms with Crippen LogP contribution in [0.15, 0.2) is 18.5 Å². The lowest BCUT2D eigenvalue weighted by molar-refractivity contribution is 0.0573. The van der Waals surface area contributed by atoms with Crippen molar-refractivity contribution in [2.75, 3.05) is 13.2 Å². The Labute approximate surface area is 119 Å². The molecule has 4 heteroatoms. The van der Waals surface area contributed by atoms with Gasteiger partial charge in [-0.15, -0.1) is 0 Å². The minimum Gasteiger partial charge on any atom is -0.384 e. The maximum Gasteiger partial charge on any atom is 0.255 e. The number of nitrogens with zero attached hydrogens (tertiary/aromatic N) is 2. The van der Waals surface area contributed by atoms with Gasteiger partial charge in [0, 0.05) is 25.0 Å². The summed E-state index contributed by atoms with van der Waals surface area (Å²) in [6.07, 6.45) is 5.39. The lowest BCUT2D eigenvalue weighted by Crippen LogP contribution is -2.45. The molecule has 4 nitrogen and oxygen atoms in total. The second-order valence-corrected chi connectivity index (χ2v) is 5.37. The number of amides is 1. The van der Waals surface area contributed by atoms with Crippen molar-refractivity contribution in [2.45, 2.75) is 32.7 Å². The zero-order valence-corrected chi connectivity index (χ0v) is 12.0. The quantitative estimate of drug-likeness (QED) is 0.791. The second kappa shape index (κ2) is 6.53. The molecule has 0 bridgehead atoms. The van der Waals surface area contributed by atoms with Gasteiger partial charge in [-0.1, -0.05) is 18.8 Å². The summed E-state index contributed by atoms with van der Waals surface area (Å²) < 4.78 is 0. The minimum absolute atomic E-state index is 0.00805. The van der Waals surface area contributed by atoms with E-state index in [0.717, 1.165) is 13.0 Å². The summed E-state index contributed by atoms with van der Waals surface area (Å²) in [7, 11) is 0. The molecule has 0 saturated carbocycles. The van der Waals surface area contributed by atoms with Crippen molar-refractivity contribution in [3.8, 4) is 11.8 Å². The van der Waals surface area contributed by atoms with E-state index in [9.17, 15) is 4.79 Å². The highest BCUT2D eigenvalue weighted by atomic mass is 16.2. The summed E-state index contributed by atoms with van der Waals surface area (Å²) in [5, 5.41) is 8.79. The van der Waals surface area contributed by atoms with Crippen LogP contribution in [0.1, 0.15) is 42.6 Å². The second-order valence-electron chi connectivity index (χ2n) is 5.37. The Kier molecular flexibility index (Phi) is 4.75. The molecule has 0 aromatic carbocycles. The molecule has 1 aliphatic heterocycles. The summed E-state index contributed by atoms with van der Waals surface area (Å²) in [6.45, 7) is 4.82. The molecule has 1 saturated heterocycles. The topological polar surface area (TPSA) is 53.4 Å². The van der Waals surface area contributed by atoms with Crippen LogP contribution in [-0.4, -0.2) is 40.1 Å². The minimum atomic E-state index is -0.223. The molecule has 1 aromatic heterocycles. The fourth-order valence-corrected chi connectivity index (χ4v) is 2.54. The molecule has 2 rings (SSSR count). The number of carbonyl (C=O) groups excluding carboxylic acids is 1. The molecule has 0 radical (unpaired) electrons.